The smallest absolute Gasteiger partial charge is 0.264 e. The van der Waals surface area contributed by atoms with Crippen LogP contribution in [0.3, 0.4) is 0 Å². The fraction of sp³-hybridized carbons (Fsp3) is 0.200. The highest BCUT2D eigenvalue weighted by atomic mass is 79.9. The third kappa shape index (κ3) is 6.46. The molecule has 0 aliphatic carbocycles. The van der Waals surface area contributed by atoms with Crippen LogP contribution in [-0.2, 0) is 26.2 Å². The average Bonchev–Trinajstić information content (AvgIpc) is 2.86. The van der Waals surface area contributed by atoms with Gasteiger partial charge in [-0.2, -0.15) is 0 Å². The van der Waals surface area contributed by atoms with Crippen LogP contribution in [0.5, 0.6) is 0 Å². The molecule has 3 aromatic carbocycles. The summed E-state index contributed by atoms with van der Waals surface area (Å²) in [6.07, 6.45) is 0. The van der Waals surface area contributed by atoms with Gasteiger partial charge in [0.05, 0.1) is 10.6 Å². The predicted molar refractivity (Wildman–Crippen MR) is 136 cm³/mol. The van der Waals surface area contributed by atoms with E-state index in [1.54, 1.807) is 37.3 Å². The monoisotopic (exact) mass is 561 g/mol. The van der Waals surface area contributed by atoms with Gasteiger partial charge in [0.25, 0.3) is 10.0 Å². The van der Waals surface area contributed by atoms with Crippen molar-refractivity contribution in [1.29, 1.82) is 0 Å². The Hall–Kier alpha value is -3.24. The second kappa shape index (κ2) is 11.5. The van der Waals surface area contributed by atoms with Gasteiger partial charge in [-0.15, -0.1) is 0 Å². The lowest BCUT2D eigenvalue weighted by molar-refractivity contribution is -0.139. The molecule has 0 aliphatic rings. The van der Waals surface area contributed by atoms with Gasteiger partial charge in [-0.05, 0) is 61.0 Å². The summed E-state index contributed by atoms with van der Waals surface area (Å²) in [5, 5.41) is 2.53. The first-order valence-electron chi connectivity index (χ1n) is 10.7. The molecule has 184 valence electrons. The minimum atomic E-state index is -4.17. The van der Waals surface area contributed by atoms with Gasteiger partial charge in [0.15, 0.2) is 0 Å². The summed E-state index contributed by atoms with van der Waals surface area (Å²) >= 11 is 3.40. The second-order valence-corrected chi connectivity index (χ2v) is 10.5. The molecule has 0 saturated heterocycles. The Morgan fingerprint density at radius 3 is 2.26 bits per heavy atom. The Morgan fingerprint density at radius 2 is 1.66 bits per heavy atom. The van der Waals surface area contributed by atoms with E-state index in [2.05, 4.69) is 21.2 Å². The quantitative estimate of drug-likeness (QED) is 0.428. The van der Waals surface area contributed by atoms with Crippen molar-refractivity contribution in [3.63, 3.8) is 0 Å². The van der Waals surface area contributed by atoms with Crippen molar-refractivity contribution in [2.75, 3.05) is 17.9 Å². The molecule has 3 rings (SSSR count). The molecule has 0 saturated carbocycles. The van der Waals surface area contributed by atoms with E-state index in [4.69, 9.17) is 0 Å². The molecule has 35 heavy (non-hydrogen) atoms. The van der Waals surface area contributed by atoms with Crippen LogP contribution in [0.25, 0.3) is 0 Å². The largest absolute Gasteiger partial charge is 0.357 e. The molecule has 3 aromatic rings. The highest BCUT2D eigenvalue weighted by Gasteiger charge is 2.32. The first-order chi connectivity index (χ1) is 16.6. The number of nitrogens with zero attached hydrogens (tertiary/aromatic N) is 2. The first-order valence-corrected chi connectivity index (χ1v) is 13.0. The Kier molecular flexibility index (Phi) is 8.63. The van der Waals surface area contributed by atoms with Crippen molar-refractivity contribution < 1.29 is 22.4 Å². The maximum absolute atomic E-state index is 13.6. The summed E-state index contributed by atoms with van der Waals surface area (Å²) < 4.78 is 42.3. The number of sulfonamides is 1. The fourth-order valence-electron chi connectivity index (χ4n) is 3.48. The fourth-order valence-corrected chi connectivity index (χ4v) is 5.36. The van der Waals surface area contributed by atoms with Crippen LogP contribution in [0, 0.1) is 5.82 Å². The molecule has 1 N–H and O–H groups in total. The molecule has 0 spiro atoms. The summed E-state index contributed by atoms with van der Waals surface area (Å²) in [6, 6.07) is 18.9. The number of halogens is 2. The van der Waals surface area contributed by atoms with E-state index in [0.717, 1.165) is 26.5 Å². The molecule has 1 atom stereocenters. The highest BCUT2D eigenvalue weighted by Crippen LogP contribution is 2.25. The van der Waals surface area contributed by atoms with E-state index in [1.165, 1.54) is 36.2 Å². The lowest BCUT2D eigenvalue weighted by atomic mass is 10.1. The number of carbonyl (C=O) groups excluding carboxylic acids is 2. The third-order valence-electron chi connectivity index (χ3n) is 5.38. The van der Waals surface area contributed by atoms with Gasteiger partial charge >= 0.3 is 0 Å². The zero-order valence-electron chi connectivity index (χ0n) is 19.2. The van der Waals surface area contributed by atoms with Gasteiger partial charge < -0.3 is 10.2 Å². The van der Waals surface area contributed by atoms with E-state index in [-0.39, 0.29) is 17.1 Å². The zero-order valence-corrected chi connectivity index (χ0v) is 21.6. The van der Waals surface area contributed by atoms with Crippen molar-refractivity contribution in [3.8, 4) is 0 Å². The van der Waals surface area contributed by atoms with Crippen LogP contribution < -0.4 is 9.62 Å². The summed E-state index contributed by atoms with van der Waals surface area (Å²) in [7, 11) is -2.71. The van der Waals surface area contributed by atoms with Crippen molar-refractivity contribution in [2.45, 2.75) is 24.4 Å². The number of nitrogens with one attached hydrogen (secondary N) is 1. The number of likely N-dealkylation sites (N-methyl/N-ethyl adjacent to an activating group) is 1. The summed E-state index contributed by atoms with van der Waals surface area (Å²) in [5.74, 6) is -1.53. The summed E-state index contributed by atoms with van der Waals surface area (Å²) in [6.45, 7) is 1.07. The van der Waals surface area contributed by atoms with Crippen LogP contribution >= 0.6 is 15.9 Å². The van der Waals surface area contributed by atoms with Crippen molar-refractivity contribution in [2.24, 2.45) is 0 Å². The van der Waals surface area contributed by atoms with Crippen LogP contribution in [0.4, 0.5) is 10.1 Å². The number of anilines is 1. The molecule has 2 amide bonds. The van der Waals surface area contributed by atoms with Crippen LogP contribution in [-0.4, -0.2) is 44.8 Å². The van der Waals surface area contributed by atoms with Crippen LogP contribution in [0.2, 0.25) is 0 Å². The number of hydrogen-bond donors (Lipinski definition) is 1. The minimum Gasteiger partial charge on any atom is -0.357 e. The Bertz CT molecular complexity index is 1290. The predicted octanol–water partition coefficient (Wildman–Crippen LogP) is 3.95. The standard InChI is InChI=1S/C25H25BrFN3O4S/c1-18(25(32)28-2)29(16-19-7-6-8-20(26)15-19)24(31)17-30(22-13-11-21(27)12-14-22)35(33,34)23-9-4-3-5-10-23/h3-15,18H,16-17H2,1-2H3,(H,28,32)/t18-/m0/s1. The molecule has 0 unspecified atom stereocenters. The van der Waals surface area contributed by atoms with Crippen molar-refractivity contribution in [1.82, 2.24) is 10.2 Å². The molecule has 0 aromatic heterocycles. The van der Waals surface area contributed by atoms with Gasteiger partial charge in [0, 0.05) is 18.1 Å². The number of carbonyl (C=O) groups is 2. The van der Waals surface area contributed by atoms with Crippen LogP contribution in [0.15, 0.2) is 88.2 Å². The first kappa shape index (κ1) is 26.4. The minimum absolute atomic E-state index is 0.0185. The second-order valence-electron chi connectivity index (χ2n) is 7.74. The number of rotatable bonds is 9. The summed E-state index contributed by atoms with van der Waals surface area (Å²) in [5.41, 5.74) is 0.876. The SMILES string of the molecule is CNC(=O)[C@H](C)N(Cc1cccc(Br)c1)C(=O)CN(c1ccc(F)cc1)S(=O)(=O)c1ccccc1. The molecule has 0 bridgehead atoms. The molecular weight excluding hydrogens is 537 g/mol. The summed E-state index contributed by atoms with van der Waals surface area (Å²) in [4.78, 5) is 27.3. The molecule has 0 radical (unpaired) electrons. The molecule has 10 heteroatoms. The van der Waals surface area contributed by atoms with Crippen LogP contribution in [0.1, 0.15) is 12.5 Å². The Morgan fingerprint density at radius 1 is 1.00 bits per heavy atom. The molecule has 0 aliphatic heterocycles. The zero-order chi connectivity index (χ0) is 25.6. The molecule has 7 nitrogen and oxygen atoms in total. The highest BCUT2D eigenvalue weighted by molar-refractivity contribution is 9.10. The lowest BCUT2D eigenvalue weighted by Crippen LogP contribution is -2.50. The van der Waals surface area contributed by atoms with E-state index in [1.807, 2.05) is 12.1 Å². The molecular formula is C25H25BrFN3O4S. The number of benzene rings is 3. The lowest BCUT2D eigenvalue weighted by Gasteiger charge is -2.31. The topological polar surface area (TPSA) is 86.8 Å². The van der Waals surface area contributed by atoms with Gasteiger partial charge in [-0.25, -0.2) is 12.8 Å². The van der Waals surface area contributed by atoms with Gasteiger partial charge in [-0.1, -0.05) is 46.3 Å². The van der Waals surface area contributed by atoms with E-state index in [0.29, 0.717) is 0 Å². The maximum Gasteiger partial charge on any atom is 0.264 e. The average molecular weight is 562 g/mol. The van der Waals surface area contributed by atoms with Gasteiger partial charge in [0.1, 0.15) is 18.4 Å². The normalized spacial score (nSPS) is 12.0. The van der Waals surface area contributed by atoms with E-state index >= 15 is 0 Å². The van der Waals surface area contributed by atoms with Crippen molar-refractivity contribution in [3.05, 3.63) is 94.7 Å². The number of hydrogen-bond acceptors (Lipinski definition) is 4. The Labute approximate surface area is 212 Å². The van der Waals surface area contributed by atoms with Gasteiger partial charge in [0.2, 0.25) is 11.8 Å². The van der Waals surface area contributed by atoms with Gasteiger partial charge in [-0.3, -0.25) is 13.9 Å². The third-order valence-corrected chi connectivity index (χ3v) is 7.66. The van der Waals surface area contributed by atoms with E-state index in [9.17, 15) is 22.4 Å². The number of amides is 2. The Balaban J connectivity index is 2.01. The van der Waals surface area contributed by atoms with Crippen molar-refractivity contribution >= 4 is 43.5 Å². The van der Waals surface area contributed by atoms with E-state index < -0.39 is 40.2 Å². The maximum atomic E-state index is 13.6. The molecule has 0 fully saturated rings. The molecule has 0 heterocycles.